The fourth-order valence-electron chi connectivity index (χ4n) is 2.26. The fraction of sp³-hybridized carbons (Fsp3) is 0.308. The molecule has 18 heavy (non-hydrogen) atoms. The van der Waals surface area contributed by atoms with Crippen LogP contribution in [-0.4, -0.2) is 16.2 Å². The van der Waals surface area contributed by atoms with E-state index in [2.05, 4.69) is 0 Å². The highest BCUT2D eigenvalue weighted by molar-refractivity contribution is 6.35. The molecule has 1 aromatic rings. The van der Waals surface area contributed by atoms with Gasteiger partial charge in [-0.05, 0) is 37.0 Å². The number of carboxylic acid groups (broad SMARTS) is 1. The van der Waals surface area contributed by atoms with E-state index in [-0.39, 0.29) is 17.3 Å². The Kier molecular flexibility index (Phi) is 3.83. The van der Waals surface area contributed by atoms with Gasteiger partial charge < -0.3 is 10.2 Å². The van der Waals surface area contributed by atoms with E-state index < -0.39 is 5.97 Å². The fourth-order valence-corrected chi connectivity index (χ4v) is 2.80. The largest absolute Gasteiger partial charge is 0.511 e. The number of aliphatic hydroxyl groups excluding tert-OH is 1. The quantitative estimate of drug-likeness (QED) is 0.858. The number of hydrogen-bond acceptors (Lipinski definition) is 2. The Labute approximate surface area is 115 Å². The Hall–Kier alpha value is -1.19. The topological polar surface area (TPSA) is 57.5 Å². The van der Waals surface area contributed by atoms with Gasteiger partial charge in [0.2, 0.25) is 0 Å². The molecule has 0 saturated carbocycles. The van der Waals surface area contributed by atoms with Crippen molar-refractivity contribution in [2.45, 2.75) is 25.2 Å². The molecule has 0 spiro atoms. The number of benzene rings is 1. The normalized spacial score (nSPS) is 20.0. The second kappa shape index (κ2) is 5.21. The van der Waals surface area contributed by atoms with Crippen LogP contribution in [0.2, 0.25) is 10.0 Å². The predicted octanol–water partition coefficient (Wildman–Crippen LogP) is 4.16. The van der Waals surface area contributed by atoms with Gasteiger partial charge >= 0.3 is 5.97 Å². The van der Waals surface area contributed by atoms with Crippen LogP contribution in [0.4, 0.5) is 0 Å². The zero-order valence-corrected chi connectivity index (χ0v) is 11.0. The molecule has 3 nitrogen and oxygen atoms in total. The maximum Gasteiger partial charge on any atom is 0.334 e. The third-order valence-corrected chi connectivity index (χ3v) is 3.72. The van der Waals surface area contributed by atoms with Crippen molar-refractivity contribution in [1.82, 2.24) is 0 Å². The van der Waals surface area contributed by atoms with Crippen LogP contribution in [0.15, 0.2) is 29.5 Å². The van der Waals surface area contributed by atoms with Gasteiger partial charge in [0.05, 0.1) is 5.57 Å². The van der Waals surface area contributed by atoms with E-state index in [0.717, 1.165) is 12.0 Å². The number of aliphatic hydroxyl groups is 1. The lowest BCUT2D eigenvalue weighted by molar-refractivity contribution is -0.133. The highest BCUT2D eigenvalue weighted by Gasteiger charge is 2.28. The molecule has 0 saturated heterocycles. The minimum Gasteiger partial charge on any atom is -0.511 e. The van der Waals surface area contributed by atoms with Crippen LogP contribution >= 0.6 is 23.2 Å². The number of allylic oxidation sites excluding steroid dienone is 1. The van der Waals surface area contributed by atoms with Crippen LogP contribution in [0.25, 0.3) is 0 Å². The van der Waals surface area contributed by atoms with Crippen molar-refractivity contribution in [2.24, 2.45) is 0 Å². The summed E-state index contributed by atoms with van der Waals surface area (Å²) >= 11 is 11.9. The summed E-state index contributed by atoms with van der Waals surface area (Å²) in [4.78, 5) is 11.0. The molecule has 1 atom stereocenters. The monoisotopic (exact) mass is 286 g/mol. The number of rotatable bonds is 2. The number of carboxylic acids is 1. The molecule has 2 N–H and O–H groups in total. The van der Waals surface area contributed by atoms with Crippen molar-refractivity contribution in [3.63, 3.8) is 0 Å². The van der Waals surface area contributed by atoms with Gasteiger partial charge in [-0.15, -0.1) is 0 Å². The summed E-state index contributed by atoms with van der Waals surface area (Å²) in [6, 6.07) is 5.02. The van der Waals surface area contributed by atoms with Crippen LogP contribution in [-0.2, 0) is 4.79 Å². The standard InChI is InChI=1S/C13H12Cl2O3/c14-7-4-5-8(11(15)6-7)9-2-1-3-10(12(9)16)13(17)18/h4-6,9,16H,1-3H2,(H,17,18). The van der Waals surface area contributed by atoms with Gasteiger partial charge in [0.15, 0.2) is 0 Å². The summed E-state index contributed by atoms with van der Waals surface area (Å²) in [6.07, 6.45) is 1.79. The summed E-state index contributed by atoms with van der Waals surface area (Å²) in [7, 11) is 0. The first-order valence-electron chi connectivity index (χ1n) is 5.61. The van der Waals surface area contributed by atoms with Crippen molar-refractivity contribution in [3.05, 3.63) is 45.1 Å². The SMILES string of the molecule is O=C(O)C1=C(O)C(c2ccc(Cl)cc2Cl)CCC1. The van der Waals surface area contributed by atoms with Gasteiger partial charge in [0, 0.05) is 16.0 Å². The van der Waals surface area contributed by atoms with E-state index in [1.54, 1.807) is 18.2 Å². The lowest BCUT2D eigenvalue weighted by Crippen LogP contribution is -2.16. The Morgan fingerprint density at radius 3 is 2.67 bits per heavy atom. The first-order chi connectivity index (χ1) is 8.50. The molecule has 1 aliphatic rings. The molecule has 2 rings (SSSR count). The molecule has 1 aliphatic carbocycles. The van der Waals surface area contributed by atoms with E-state index in [1.165, 1.54) is 0 Å². The Morgan fingerprint density at radius 1 is 1.33 bits per heavy atom. The van der Waals surface area contributed by atoms with Crippen molar-refractivity contribution < 1.29 is 15.0 Å². The first kappa shape index (κ1) is 13.2. The number of hydrogen-bond donors (Lipinski definition) is 2. The molecule has 1 aromatic carbocycles. The van der Waals surface area contributed by atoms with Crippen LogP contribution in [0.3, 0.4) is 0 Å². The van der Waals surface area contributed by atoms with Crippen LogP contribution < -0.4 is 0 Å². The highest BCUT2D eigenvalue weighted by Crippen LogP contribution is 2.39. The molecule has 0 fully saturated rings. The number of halogens is 2. The van der Waals surface area contributed by atoms with Gasteiger partial charge in [-0.3, -0.25) is 0 Å². The third-order valence-electron chi connectivity index (χ3n) is 3.15. The lowest BCUT2D eigenvalue weighted by atomic mass is 9.84. The van der Waals surface area contributed by atoms with E-state index in [4.69, 9.17) is 28.3 Å². The van der Waals surface area contributed by atoms with Crippen molar-refractivity contribution >= 4 is 29.2 Å². The molecular weight excluding hydrogens is 275 g/mol. The molecule has 96 valence electrons. The minimum absolute atomic E-state index is 0.0808. The van der Waals surface area contributed by atoms with E-state index in [1.807, 2.05) is 0 Å². The van der Waals surface area contributed by atoms with Gasteiger partial charge in [-0.1, -0.05) is 29.3 Å². The zero-order valence-electron chi connectivity index (χ0n) is 9.49. The Morgan fingerprint density at radius 2 is 2.06 bits per heavy atom. The van der Waals surface area contributed by atoms with Crippen molar-refractivity contribution in [1.29, 1.82) is 0 Å². The molecule has 0 aromatic heterocycles. The second-order valence-corrected chi connectivity index (χ2v) is 5.12. The lowest BCUT2D eigenvalue weighted by Gasteiger charge is -2.24. The average molecular weight is 287 g/mol. The number of carbonyl (C=O) groups is 1. The molecule has 5 heteroatoms. The Balaban J connectivity index is 2.44. The predicted molar refractivity (Wildman–Crippen MR) is 70.3 cm³/mol. The summed E-state index contributed by atoms with van der Waals surface area (Å²) in [5.74, 6) is -1.50. The van der Waals surface area contributed by atoms with Gasteiger partial charge in [0.1, 0.15) is 5.76 Å². The second-order valence-electron chi connectivity index (χ2n) is 4.28. The molecule has 0 amide bonds. The molecule has 0 heterocycles. The van der Waals surface area contributed by atoms with E-state index in [0.29, 0.717) is 22.9 Å². The highest BCUT2D eigenvalue weighted by atomic mass is 35.5. The molecule has 1 unspecified atom stereocenters. The van der Waals surface area contributed by atoms with E-state index in [9.17, 15) is 9.90 Å². The molecule has 0 radical (unpaired) electrons. The molecule has 0 aliphatic heterocycles. The summed E-state index contributed by atoms with van der Waals surface area (Å²) in [5.41, 5.74) is 0.800. The number of aliphatic carboxylic acids is 1. The summed E-state index contributed by atoms with van der Waals surface area (Å²) in [6.45, 7) is 0. The minimum atomic E-state index is -1.07. The van der Waals surface area contributed by atoms with Gasteiger partial charge in [-0.25, -0.2) is 4.79 Å². The van der Waals surface area contributed by atoms with Gasteiger partial charge in [-0.2, -0.15) is 0 Å². The average Bonchev–Trinajstić information content (AvgIpc) is 2.30. The zero-order chi connectivity index (χ0) is 13.3. The van der Waals surface area contributed by atoms with Crippen molar-refractivity contribution in [2.75, 3.05) is 0 Å². The van der Waals surface area contributed by atoms with Crippen molar-refractivity contribution in [3.8, 4) is 0 Å². The Bertz CT molecular complexity index is 523. The summed E-state index contributed by atoms with van der Waals surface area (Å²) < 4.78 is 0. The van der Waals surface area contributed by atoms with Gasteiger partial charge in [0.25, 0.3) is 0 Å². The molecule has 0 bridgehead atoms. The first-order valence-corrected chi connectivity index (χ1v) is 6.36. The maximum atomic E-state index is 11.0. The molecular formula is C13H12Cl2O3. The van der Waals surface area contributed by atoms with Crippen LogP contribution in [0.5, 0.6) is 0 Å². The summed E-state index contributed by atoms with van der Waals surface area (Å²) in [5, 5.41) is 20.0. The smallest absolute Gasteiger partial charge is 0.334 e. The van der Waals surface area contributed by atoms with Crippen LogP contribution in [0, 0.1) is 0 Å². The van der Waals surface area contributed by atoms with Crippen LogP contribution in [0.1, 0.15) is 30.7 Å². The third kappa shape index (κ3) is 2.47. The van der Waals surface area contributed by atoms with E-state index >= 15 is 0 Å². The maximum absolute atomic E-state index is 11.0.